The molecule has 0 saturated heterocycles. The molecule has 0 spiro atoms. The maximum absolute atomic E-state index is 12.7. The van der Waals surface area contributed by atoms with E-state index in [2.05, 4.69) is 15.6 Å². The van der Waals surface area contributed by atoms with Crippen molar-refractivity contribution in [1.29, 1.82) is 0 Å². The van der Waals surface area contributed by atoms with Gasteiger partial charge in [-0.3, -0.25) is 9.59 Å². The lowest BCUT2D eigenvalue weighted by atomic mass is 10.2. The summed E-state index contributed by atoms with van der Waals surface area (Å²) in [5.74, 6) is 1.28. The quantitative estimate of drug-likeness (QED) is 0.434. The Kier molecular flexibility index (Phi) is 6.15. The third kappa shape index (κ3) is 4.55. The summed E-state index contributed by atoms with van der Waals surface area (Å²) in [5, 5.41) is 7.63. The van der Waals surface area contributed by atoms with Crippen LogP contribution in [0.25, 0.3) is 11.0 Å². The number of nitrogens with zero attached hydrogens (tertiary/aromatic N) is 2. The van der Waals surface area contributed by atoms with Gasteiger partial charge in [-0.05, 0) is 48.0 Å². The summed E-state index contributed by atoms with van der Waals surface area (Å²) in [7, 11) is 0. The molecule has 2 aromatic heterocycles. The van der Waals surface area contributed by atoms with Crippen molar-refractivity contribution in [2.24, 2.45) is 0 Å². The van der Waals surface area contributed by atoms with Crippen LogP contribution < -0.4 is 10.6 Å². The van der Waals surface area contributed by atoms with Gasteiger partial charge in [0, 0.05) is 11.4 Å². The summed E-state index contributed by atoms with van der Waals surface area (Å²) in [6, 6.07) is 18.6. The van der Waals surface area contributed by atoms with Crippen molar-refractivity contribution >= 4 is 57.3 Å². The van der Waals surface area contributed by atoms with Crippen molar-refractivity contribution in [1.82, 2.24) is 9.55 Å². The molecule has 2 aromatic carbocycles. The van der Waals surface area contributed by atoms with Crippen LogP contribution in [0.2, 0.25) is 0 Å². The number of benzene rings is 2. The number of carbonyl (C=O) groups excluding carboxylic acids is 2. The largest absolute Gasteiger partial charge is 0.324 e. The Hall–Kier alpha value is -3.10. The number of amides is 2. The Morgan fingerprint density at radius 2 is 1.83 bits per heavy atom. The van der Waals surface area contributed by atoms with E-state index in [1.807, 2.05) is 46.5 Å². The molecule has 2 amide bonds. The van der Waals surface area contributed by atoms with Crippen LogP contribution in [0.5, 0.6) is 0 Å². The maximum atomic E-state index is 12.7. The third-order valence-corrected chi connectivity index (χ3v) is 5.87. The molecular formula is C22H20N4O2S2. The van der Waals surface area contributed by atoms with E-state index < -0.39 is 0 Å². The second-order valence-electron chi connectivity index (χ2n) is 6.60. The highest BCUT2D eigenvalue weighted by molar-refractivity contribution is 7.97. The maximum Gasteiger partial charge on any atom is 0.265 e. The Morgan fingerprint density at radius 1 is 1.03 bits per heavy atom. The predicted molar refractivity (Wildman–Crippen MR) is 124 cm³/mol. The van der Waals surface area contributed by atoms with Gasteiger partial charge in [-0.1, -0.05) is 24.3 Å². The molecule has 4 aromatic rings. The molecule has 30 heavy (non-hydrogen) atoms. The van der Waals surface area contributed by atoms with Crippen LogP contribution in [0.4, 0.5) is 11.4 Å². The molecule has 2 N–H and O–H groups in total. The molecule has 0 fully saturated rings. The standard InChI is InChI=1S/C22H20N4O2S2/c1-29-14-20-25-17-8-2-3-9-18(17)26(20)13-21(27)23-15-6-4-7-16(12-15)24-22(28)19-10-5-11-30-19/h2-12H,13-14H2,1H3,(H,23,27)(H,24,28). The van der Waals surface area contributed by atoms with E-state index in [1.165, 1.54) is 11.3 Å². The molecule has 0 aliphatic carbocycles. The van der Waals surface area contributed by atoms with Crippen LogP contribution in [-0.2, 0) is 17.1 Å². The van der Waals surface area contributed by atoms with Gasteiger partial charge in [0.2, 0.25) is 5.91 Å². The minimum atomic E-state index is -0.167. The Morgan fingerprint density at radius 3 is 2.60 bits per heavy atom. The van der Waals surface area contributed by atoms with Crippen LogP contribution in [0.1, 0.15) is 15.5 Å². The number of hydrogen-bond acceptors (Lipinski definition) is 5. The minimum Gasteiger partial charge on any atom is -0.324 e. The van der Waals surface area contributed by atoms with Gasteiger partial charge in [-0.2, -0.15) is 11.8 Å². The first-order chi connectivity index (χ1) is 14.6. The summed E-state index contributed by atoms with van der Waals surface area (Å²) in [5.41, 5.74) is 3.07. The van der Waals surface area contributed by atoms with Crippen LogP contribution in [0, 0.1) is 0 Å². The number of para-hydroxylation sites is 2. The number of thiophene rings is 1. The minimum absolute atomic E-state index is 0.151. The van der Waals surface area contributed by atoms with Crippen LogP contribution in [0.3, 0.4) is 0 Å². The lowest BCUT2D eigenvalue weighted by Gasteiger charge is -2.11. The van der Waals surface area contributed by atoms with E-state index in [0.29, 0.717) is 16.3 Å². The Bertz CT molecular complexity index is 1190. The molecule has 2 heterocycles. The SMILES string of the molecule is CSCc1nc2ccccc2n1CC(=O)Nc1cccc(NC(=O)c2cccs2)c1. The predicted octanol–water partition coefficient (Wildman–Crippen LogP) is 4.85. The van der Waals surface area contributed by atoms with Gasteiger partial charge >= 0.3 is 0 Å². The van der Waals surface area contributed by atoms with Gasteiger partial charge in [0.1, 0.15) is 12.4 Å². The Balaban J connectivity index is 1.48. The molecule has 0 atom stereocenters. The van der Waals surface area contributed by atoms with Gasteiger partial charge in [0.05, 0.1) is 21.7 Å². The summed E-state index contributed by atoms with van der Waals surface area (Å²) < 4.78 is 1.95. The summed E-state index contributed by atoms with van der Waals surface area (Å²) >= 11 is 3.05. The first kappa shape index (κ1) is 20.2. The summed E-state index contributed by atoms with van der Waals surface area (Å²) in [6.07, 6.45) is 2.01. The number of hydrogen-bond donors (Lipinski definition) is 2. The molecule has 152 valence electrons. The van der Waals surface area contributed by atoms with Crippen molar-refractivity contribution < 1.29 is 9.59 Å². The molecule has 4 rings (SSSR count). The van der Waals surface area contributed by atoms with Gasteiger partial charge < -0.3 is 15.2 Å². The highest BCUT2D eigenvalue weighted by atomic mass is 32.2. The number of anilines is 2. The van der Waals surface area contributed by atoms with E-state index in [1.54, 1.807) is 42.1 Å². The van der Waals surface area contributed by atoms with E-state index >= 15 is 0 Å². The molecule has 0 aliphatic heterocycles. The van der Waals surface area contributed by atoms with E-state index in [-0.39, 0.29) is 18.4 Å². The monoisotopic (exact) mass is 436 g/mol. The fourth-order valence-corrected chi connectivity index (χ4v) is 4.26. The molecule has 0 bridgehead atoms. The number of rotatable bonds is 7. The fourth-order valence-electron chi connectivity index (χ4n) is 3.16. The zero-order valence-corrected chi connectivity index (χ0v) is 17.9. The number of nitrogens with one attached hydrogen (secondary N) is 2. The van der Waals surface area contributed by atoms with Crippen molar-refractivity contribution in [2.75, 3.05) is 16.9 Å². The fraction of sp³-hybridized carbons (Fsp3) is 0.136. The van der Waals surface area contributed by atoms with Crippen LogP contribution >= 0.6 is 23.1 Å². The third-order valence-electron chi connectivity index (χ3n) is 4.46. The summed E-state index contributed by atoms with van der Waals surface area (Å²) in [4.78, 5) is 30.3. The number of aromatic nitrogens is 2. The average Bonchev–Trinajstić information content (AvgIpc) is 3.38. The van der Waals surface area contributed by atoms with Gasteiger partial charge in [-0.15, -0.1) is 11.3 Å². The number of carbonyl (C=O) groups is 2. The molecule has 0 saturated carbocycles. The first-order valence-corrected chi connectivity index (χ1v) is 11.6. The zero-order chi connectivity index (χ0) is 20.9. The van der Waals surface area contributed by atoms with E-state index in [0.717, 1.165) is 22.6 Å². The van der Waals surface area contributed by atoms with E-state index in [4.69, 9.17) is 0 Å². The van der Waals surface area contributed by atoms with Crippen LogP contribution in [0.15, 0.2) is 66.0 Å². The number of imidazole rings is 1. The Labute approximate surface area is 182 Å². The normalized spacial score (nSPS) is 10.8. The number of fused-ring (bicyclic) bond motifs is 1. The lowest BCUT2D eigenvalue weighted by Crippen LogP contribution is -2.20. The van der Waals surface area contributed by atoms with Crippen molar-refractivity contribution in [3.05, 3.63) is 76.7 Å². The van der Waals surface area contributed by atoms with Gasteiger partial charge in [-0.25, -0.2) is 4.98 Å². The molecule has 0 radical (unpaired) electrons. The van der Waals surface area contributed by atoms with Crippen molar-refractivity contribution in [2.45, 2.75) is 12.3 Å². The highest BCUT2D eigenvalue weighted by Gasteiger charge is 2.14. The van der Waals surface area contributed by atoms with Gasteiger partial charge in [0.25, 0.3) is 5.91 Å². The molecule has 0 aliphatic rings. The molecule has 0 unspecified atom stereocenters. The van der Waals surface area contributed by atoms with Crippen LogP contribution in [-0.4, -0.2) is 27.6 Å². The molecule has 8 heteroatoms. The number of thioether (sulfide) groups is 1. The smallest absolute Gasteiger partial charge is 0.265 e. The average molecular weight is 437 g/mol. The molecule has 6 nitrogen and oxygen atoms in total. The zero-order valence-electron chi connectivity index (χ0n) is 16.3. The van der Waals surface area contributed by atoms with Crippen molar-refractivity contribution in [3.63, 3.8) is 0 Å². The lowest BCUT2D eigenvalue weighted by molar-refractivity contribution is -0.116. The molecular weight excluding hydrogens is 416 g/mol. The van der Waals surface area contributed by atoms with E-state index in [9.17, 15) is 9.59 Å². The summed E-state index contributed by atoms with van der Waals surface area (Å²) in [6.45, 7) is 0.169. The topological polar surface area (TPSA) is 76.0 Å². The first-order valence-electron chi connectivity index (χ1n) is 9.32. The second kappa shape index (κ2) is 9.15. The van der Waals surface area contributed by atoms with Gasteiger partial charge in [0.15, 0.2) is 0 Å². The highest BCUT2D eigenvalue weighted by Crippen LogP contribution is 2.20. The van der Waals surface area contributed by atoms with Crippen molar-refractivity contribution in [3.8, 4) is 0 Å². The second-order valence-corrected chi connectivity index (χ2v) is 8.41.